The first-order valence-corrected chi connectivity index (χ1v) is 5.77. The molecule has 18 heavy (non-hydrogen) atoms. The summed E-state index contributed by atoms with van der Waals surface area (Å²) in [5, 5.41) is 4.12. The molecular formula is C13H13N3O2. The zero-order valence-electron chi connectivity index (χ0n) is 10.2. The molecule has 5 heteroatoms. The molecule has 1 amide bonds. The second-order valence-electron chi connectivity index (χ2n) is 5.09. The monoisotopic (exact) mass is 243 g/mol. The van der Waals surface area contributed by atoms with Gasteiger partial charge in [-0.25, -0.2) is 10.4 Å². The average Bonchev–Trinajstić information content (AvgIpc) is 2.79. The number of hydrazone groups is 1. The Balaban J connectivity index is 2.02. The average molecular weight is 243 g/mol. The number of nitrogens with one attached hydrogen (secondary N) is 1. The molecule has 0 atom stereocenters. The van der Waals surface area contributed by atoms with Crippen molar-refractivity contribution in [2.75, 3.05) is 0 Å². The van der Waals surface area contributed by atoms with Crippen LogP contribution < -0.4 is 5.43 Å². The molecule has 2 aromatic rings. The van der Waals surface area contributed by atoms with E-state index >= 15 is 0 Å². The van der Waals surface area contributed by atoms with Crippen molar-refractivity contribution in [1.82, 2.24) is 10.4 Å². The van der Waals surface area contributed by atoms with Gasteiger partial charge in [-0.1, -0.05) is 19.9 Å². The number of nitrogens with zero attached hydrogens (tertiary/aromatic N) is 2. The van der Waals surface area contributed by atoms with E-state index < -0.39 is 5.41 Å². The number of fused-ring (bicyclic) bond motifs is 1. The Labute approximate surface area is 104 Å². The maximum Gasteiger partial charge on any atom is 0.246 e. The summed E-state index contributed by atoms with van der Waals surface area (Å²) in [6.07, 6.45) is 2.03. The molecule has 5 nitrogen and oxygen atoms in total. The van der Waals surface area contributed by atoms with Gasteiger partial charge in [-0.3, -0.25) is 4.79 Å². The van der Waals surface area contributed by atoms with Crippen molar-refractivity contribution in [3.63, 3.8) is 0 Å². The van der Waals surface area contributed by atoms with Crippen molar-refractivity contribution >= 4 is 22.7 Å². The molecule has 92 valence electrons. The van der Waals surface area contributed by atoms with Crippen molar-refractivity contribution < 1.29 is 9.21 Å². The lowest BCUT2D eigenvalue weighted by atomic mass is 9.83. The van der Waals surface area contributed by atoms with E-state index in [2.05, 4.69) is 15.5 Å². The summed E-state index contributed by atoms with van der Waals surface area (Å²) >= 11 is 0. The molecular weight excluding hydrogens is 230 g/mol. The first kappa shape index (κ1) is 11.0. The number of oxazole rings is 1. The molecule has 0 unspecified atom stereocenters. The van der Waals surface area contributed by atoms with E-state index in [0.29, 0.717) is 6.42 Å². The summed E-state index contributed by atoms with van der Waals surface area (Å²) in [5.41, 5.74) is 5.48. The molecule has 0 aliphatic carbocycles. The minimum absolute atomic E-state index is 0.0491. The standard InChI is InChI=1S/C13H13N3O2/c1-13(2)6-10(15-16-12(13)17)8-3-4-9-11(5-8)18-7-14-9/h3-5,7H,6H2,1-2H3,(H,16,17). The van der Waals surface area contributed by atoms with Gasteiger partial charge in [0.05, 0.1) is 11.1 Å². The van der Waals surface area contributed by atoms with Crippen LogP contribution >= 0.6 is 0 Å². The Morgan fingerprint density at radius 2 is 2.22 bits per heavy atom. The van der Waals surface area contributed by atoms with Crippen LogP contribution in [0.1, 0.15) is 25.8 Å². The van der Waals surface area contributed by atoms with E-state index in [4.69, 9.17) is 4.42 Å². The van der Waals surface area contributed by atoms with Crippen LogP contribution in [0.15, 0.2) is 34.1 Å². The maximum absolute atomic E-state index is 11.6. The summed E-state index contributed by atoms with van der Waals surface area (Å²) < 4.78 is 5.27. The normalized spacial score (nSPS) is 18.6. The largest absolute Gasteiger partial charge is 0.443 e. The molecule has 0 radical (unpaired) electrons. The number of rotatable bonds is 1. The van der Waals surface area contributed by atoms with E-state index in [9.17, 15) is 4.79 Å². The highest BCUT2D eigenvalue weighted by atomic mass is 16.3. The highest BCUT2D eigenvalue weighted by Crippen LogP contribution is 2.27. The van der Waals surface area contributed by atoms with Gasteiger partial charge in [0.2, 0.25) is 5.91 Å². The van der Waals surface area contributed by atoms with Crippen LogP contribution in [0.2, 0.25) is 0 Å². The minimum atomic E-state index is -0.437. The molecule has 0 bridgehead atoms. The molecule has 1 aliphatic heterocycles. The molecule has 1 aliphatic rings. The molecule has 1 aromatic carbocycles. The van der Waals surface area contributed by atoms with Gasteiger partial charge in [0.15, 0.2) is 12.0 Å². The van der Waals surface area contributed by atoms with Crippen molar-refractivity contribution in [3.05, 3.63) is 30.2 Å². The number of amides is 1. The van der Waals surface area contributed by atoms with E-state index in [1.807, 2.05) is 32.0 Å². The summed E-state index contributed by atoms with van der Waals surface area (Å²) in [4.78, 5) is 15.7. The number of benzene rings is 1. The Bertz CT molecular complexity index is 655. The molecule has 0 saturated carbocycles. The quantitative estimate of drug-likeness (QED) is 0.833. The number of aromatic nitrogens is 1. The Hall–Kier alpha value is -2.17. The van der Waals surface area contributed by atoms with E-state index in [1.54, 1.807) is 0 Å². The van der Waals surface area contributed by atoms with Gasteiger partial charge < -0.3 is 4.42 Å². The van der Waals surface area contributed by atoms with Crippen molar-refractivity contribution in [3.8, 4) is 0 Å². The van der Waals surface area contributed by atoms with Crippen molar-refractivity contribution in [2.24, 2.45) is 10.5 Å². The van der Waals surface area contributed by atoms with Crippen molar-refractivity contribution in [2.45, 2.75) is 20.3 Å². The van der Waals surface area contributed by atoms with E-state index in [-0.39, 0.29) is 5.91 Å². The lowest BCUT2D eigenvalue weighted by molar-refractivity contribution is -0.129. The lowest BCUT2D eigenvalue weighted by Crippen LogP contribution is -2.40. The smallest absolute Gasteiger partial charge is 0.246 e. The van der Waals surface area contributed by atoms with Crippen LogP contribution in [-0.2, 0) is 4.79 Å². The topological polar surface area (TPSA) is 67.5 Å². The number of carbonyl (C=O) groups is 1. The fraction of sp³-hybridized carbons (Fsp3) is 0.308. The molecule has 3 rings (SSSR count). The van der Waals surface area contributed by atoms with Crippen molar-refractivity contribution in [1.29, 1.82) is 0 Å². The minimum Gasteiger partial charge on any atom is -0.443 e. The molecule has 0 spiro atoms. The van der Waals surface area contributed by atoms with Crippen LogP contribution in [-0.4, -0.2) is 16.6 Å². The van der Waals surface area contributed by atoms with Crippen LogP contribution in [0.5, 0.6) is 0 Å². The fourth-order valence-corrected chi connectivity index (χ4v) is 2.01. The maximum atomic E-state index is 11.6. The molecule has 0 saturated heterocycles. The Morgan fingerprint density at radius 1 is 1.39 bits per heavy atom. The Kier molecular flexibility index (Phi) is 2.23. The summed E-state index contributed by atoms with van der Waals surface area (Å²) in [6, 6.07) is 5.73. The second kappa shape index (κ2) is 3.66. The number of carbonyl (C=O) groups excluding carboxylic acids is 1. The third-order valence-corrected chi connectivity index (χ3v) is 3.18. The van der Waals surface area contributed by atoms with E-state index in [0.717, 1.165) is 22.4 Å². The van der Waals surface area contributed by atoms with Gasteiger partial charge in [-0.15, -0.1) is 0 Å². The van der Waals surface area contributed by atoms with Crippen LogP contribution in [0, 0.1) is 5.41 Å². The van der Waals surface area contributed by atoms with Gasteiger partial charge in [0.25, 0.3) is 0 Å². The highest BCUT2D eigenvalue weighted by Gasteiger charge is 2.33. The van der Waals surface area contributed by atoms with Crippen LogP contribution in [0.3, 0.4) is 0 Å². The molecule has 2 heterocycles. The van der Waals surface area contributed by atoms with Gasteiger partial charge in [-0.05, 0) is 12.1 Å². The second-order valence-corrected chi connectivity index (χ2v) is 5.09. The Morgan fingerprint density at radius 3 is 3.00 bits per heavy atom. The highest BCUT2D eigenvalue weighted by molar-refractivity contribution is 6.07. The first-order chi connectivity index (χ1) is 8.56. The molecule has 1 N–H and O–H groups in total. The summed E-state index contributed by atoms with van der Waals surface area (Å²) in [5.74, 6) is -0.0491. The van der Waals surface area contributed by atoms with Gasteiger partial charge in [-0.2, -0.15) is 5.10 Å². The summed E-state index contributed by atoms with van der Waals surface area (Å²) in [7, 11) is 0. The number of hydrogen-bond acceptors (Lipinski definition) is 4. The lowest BCUT2D eigenvalue weighted by Gasteiger charge is -2.27. The summed E-state index contributed by atoms with van der Waals surface area (Å²) in [6.45, 7) is 3.81. The number of hydrogen-bond donors (Lipinski definition) is 1. The van der Waals surface area contributed by atoms with E-state index in [1.165, 1.54) is 6.39 Å². The zero-order chi connectivity index (χ0) is 12.8. The molecule has 1 aromatic heterocycles. The third-order valence-electron chi connectivity index (χ3n) is 3.18. The predicted octanol–water partition coefficient (Wildman–Crippen LogP) is 2.08. The van der Waals surface area contributed by atoms with Gasteiger partial charge in [0, 0.05) is 12.0 Å². The van der Waals surface area contributed by atoms with Gasteiger partial charge >= 0.3 is 0 Å². The first-order valence-electron chi connectivity index (χ1n) is 5.77. The zero-order valence-corrected chi connectivity index (χ0v) is 10.2. The third kappa shape index (κ3) is 1.68. The van der Waals surface area contributed by atoms with Gasteiger partial charge in [0.1, 0.15) is 5.52 Å². The SMILES string of the molecule is CC1(C)CC(c2ccc3ncoc3c2)=NNC1=O. The predicted molar refractivity (Wildman–Crippen MR) is 67.1 cm³/mol. The van der Waals surface area contributed by atoms with Crippen LogP contribution in [0.4, 0.5) is 0 Å². The fourth-order valence-electron chi connectivity index (χ4n) is 2.01. The molecule has 0 fully saturated rings. The van der Waals surface area contributed by atoms with Crippen LogP contribution in [0.25, 0.3) is 11.1 Å².